The molecule has 1 aromatic carbocycles. The zero-order valence-electron chi connectivity index (χ0n) is 9.92. The number of nitriles is 2. The molecule has 0 aliphatic carbocycles. The van der Waals surface area contributed by atoms with Crippen molar-refractivity contribution in [3.05, 3.63) is 53.4 Å². The van der Waals surface area contributed by atoms with Crippen LogP contribution in [-0.2, 0) is 0 Å². The van der Waals surface area contributed by atoms with E-state index in [1.165, 1.54) is 17.0 Å². The van der Waals surface area contributed by atoms with Gasteiger partial charge in [-0.15, -0.1) is 0 Å². The summed E-state index contributed by atoms with van der Waals surface area (Å²) < 4.78 is 15.2. The maximum Gasteiger partial charge on any atom is 0.176 e. The lowest BCUT2D eigenvalue weighted by molar-refractivity contribution is 0.533. The third kappa shape index (κ3) is 2.17. The second-order valence-electron chi connectivity index (χ2n) is 3.85. The van der Waals surface area contributed by atoms with Crippen molar-refractivity contribution < 1.29 is 4.39 Å². The van der Waals surface area contributed by atoms with Gasteiger partial charge in [-0.3, -0.25) is 0 Å². The molecule has 0 amide bonds. The van der Waals surface area contributed by atoms with Gasteiger partial charge in [-0.25, -0.2) is 9.37 Å². The van der Waals surface area contributed by atoms with Gasteiger partial charge in [0.1, 0.15) is 18.0 Å². The standard InChI is InChI=1S/C13H10FN5/c14-10-4-2-1-3-9(10)12(6-16)19-8-18-11(5-15)13(19)7-17/h1-4,8,12H,6,16H2. The molecule has 94 valence electrons. The van der Waals surface area contributed by atoms with Gasteiger partial charge in [0.15, 0.2) is 11.4 Å². The molecule has 0 radical (unpaired) electrons. The molecule has 6 heteroatoms. The summed E-state index contributed by atoms with van der Waals surface area (Å²) in [6, 6.07) is 9.35. The minimum Gasteiger partial charge on any atom is -0.328 e. The minimum atomic E-state index is -0.564. The third-order valence-electron chi connectivity index (χ3n) is 2.83. The van der Waals surface area contributed by atoms with E-state index < -0.39 is 11.9 Å². The Balaban J connectivity index is 2.56. The van der Waals surface area contributed by atoms with Crippen LogP contribution in [0.3, 0.4) is 0 Å². The summed E-state index contributed by atoms with van der Waals surface area (Å²) in [5.74, 6) is -0.408. The Morgan fingerprint density at radius 1 is 1.32 bits per heavy atom. The SMILES string of the molecule is N#Cc1ncn(C(CN)c2ccccc2F)c1C#N. The second kappa shape index (κ2) is 5.30. The van der Waals surface area contributed by atoms with Gasteiger partial charge < -0.3 is 10.3 Å². The average molecular weight is 255 g/mol. The van der Waals surface area contributed by atoms with Crippen LogP contribution in [0.4, 0.5) is 4.39 Å². The first-order valence-electron chi connectivity index (χ1n) is 5.54. The lowest BCUT2D eigenvalue weighted by Gasteiger charge is -2.18. The Morgan fingerprint density at radius 3 is 2.63 bits per heavy atom. The quantitative estimate of drug-likeness (QED) is 0.895. The number of nitrogens with zero attached hydrogens (tertiary/aromatic N) is 4. The van der Waals surface area contributed by atoms with Crippen LogP contribution >= 0.6 is 0 Å². The molecule has 19 heavy (non-hydrogen) atoms. The molecule has 5 nitrogen and oxygen atoms in total. The average Bonchev–Trinajstić information content (AvgIpc) is 2.84. The van der Waals surface area contributed by atoms with Crippen LogP contribution in [0.1, 0.15) is 23.0 Å². The molecule has 1 heterocycles. The zero-order chi connectivity index (χ0) is 13.8. The summed E-state index contributed by atoms with van der Waals surface area (Å²) >= 11 is 0. The Bertz CT molecular complexity index is 677. The molecule has 0 aliphatic rings. The molecule has 1 atom stereocenters. The van der Waals surface area contributed by atoms with E-state index in [-0.39, 0.29) is 17.9 Å². The highest BCUT2D eigenvalue weighted by Crippen LogP contribution is 2.22. The van der Waals surface area contributed by atoms with Gasteiger partial charge in [-0.05, 0) is 6.07 Å². The smallest absolute Gasteiger partial charge is 0.176 e. The number of imidazole rings is 1. The molecule has 0 fully saturated rings. The summed E-state index contributed by atoms with van der Waals surface area (Å²) in [4.78, 5) is 3.83. The van der Waals surface area contributed by atoms with Crippen molar-refractivity contribution in [2.45, 2.75) is 6.04 Å². The first kappa shape index (κ1) is 12.7. The minimum absolute atomic E-state index is 0.0114. The molecule has 1 unspecified atom stereocenters. The van der Waals surface area contributed by atoms with Gasteiger partial charge in [-0.2, -0.15) is 10.5 Å². The number of hydrogen-bond donors (Lipinski definition) is 1. The lowest BCUT2D eigenvalue weighted by atomic mass is 10.1. The van der Waals surface area contributed by atoms with Gasteiger partial charge in [0.25, 0.3) is 0 Å². The van der Waals surface area contributed by atoms with Gasteiger partial charge in [0.2, 0.25) is 0 Å². The normalized spacial score (nSPS) is 11.6. The number of nitrogens with two attached hydrogens (primary N) is 1. The lowest BCUT2D eigenvalue weighted by Crippen LogP contribution is -2.22. The second-order valence-corrected chi connectivity index (χ2v) is 3.85. The van der Waals surface area contributed by atoms with Crippen LogP contribution in [0.15, 0.2) is 30.6 Å². The Kier molecular flexibility index (Phi) is 3.56. The van der Waals surface area contributed by atoms with Gasteiger partial charge in [0.05, 0.1) is 12.4 Å². The molecular weight excluding hydrogens is 245 g/mol. The summed E-state index contributed by atoms with van der Waals surface area (Å²) in [5.41, 5.74) is 6.13. The third-order valence-corrected chi connectivity index (χ3v) is 2.83. The van der Waals surface area contributed by atoms with Crippen molar-refractivity contribution in [3.63, 3.8) is 0 Å². The summed E-state index contributed by atoms with van der Waals surface area (Å²) in [7, 11) is 0. The van der Waals surface area contributed by atoms with Crippen LogP contribution < -0.4 is 5.73 Å². The zero-order valence-corrected chi connectivity index (χ0v) is 9.92. The molecule has 0 aliphatic heterocycles. The fourth-order valence-corrected chi connectivity index (χ4v) is 1.93. The van der Waals surface area contributed by atoms with E-state index in [0.717, 1.165) is 0 Å². The summed E-state index contributed by atoms with van der Waals surface area (Å²) in [5, 5.41) is 17.9. The summed E-state index contributed by atoms with van der Waals surface area (Å²) in [6.45, 7) is 0.0941. The largest absolute Gasteiger partial charge is 0.328 e. The molecule has 0 saturated heterocycles. The van der Waals surface area contributed by atoms with Crippen molar-refractivity contribution in [1.29, 1.82) is 10.5 Å². The maximum atomic E-state index is 13.8. The van der Waals surface area contributed by atoms with Crippen molar-refractivity contribution in [2.24, 2.45) is 5.73 Å². The van der Waals surface area contributed by atoms with E-state index in [4.69, 9.17) is 16.3 Å². The molecule has 2 rings (SSSR count). The van der Waals surface area contributed by atoms with Crippen molar-refractivity contribution in [2.75, 3.05) is 6.54 Å². The van der Waals surface area contributed by atoms with E-state index in [2.05, 4.69) is 4.98 Å². The van der Waals surface area contributed by atoms with E-state index in [0.29, 0.717) is 5.56 Å². The van der Waals surface area contributed by atoms with E-state index >= 15 is 0 Å². The molecule has 2 N–H and O–H groups in total. The van der Waals surface area contributed by atoms with Crippen molar-refractivity contribution in [3.8, 4) is 12.1 Å². The highest BCUT2D eigenvalue weighted by Gasteiger charge is 2.21. The van der Waals surface area contributed by atoms with Crippen molar-refractivity contribution in [1.82, 2.24) is 9.55 Å². The monoisotopic (exact) mass is 255 g/mol. The molecule has 0 spiro atoms. The molecule has 0 bridgehead atoms. The fourth-order valence-electron chi connectivity index (χ4n) is 1.93. The molecule has 1 aromatic heterocycles. The fraction of sp³-hybridized carbons (Fsp3) is 0.154. The topological polar surface area (TPSA) is 91.4 Å². The predicted molar refractivity (Wildman–Crippen MR) is 65.3 cm³/mol. The Hall–Kier alpha value is -2.70. The number of hydrogen-bond acceptors (Lipinski definition) is 4. The van der Waals surface area contributed by atoms with E-state index in [9.17, 15) is 4.39 Å². The number of benzene rings is 1. The summed E-state index contributed by atoms with van der Waals surface area (Å²) in [6.07, 6.45) is 1.33. The first-order valence-corrected chi connectivity index (χ1v) is 5.54. The van der Waals surface area contributed by atoms with Gasteiger partial charge >= 0.3 is 0 Å². The molecular formula is C13H10FN5. The highest BCUT2D eigenvalue weighted by molar-refractivity contribution is 5.38. The highest BCUT2D eigenvalue weighted by atomic mass is 19.1. The van der Waals surface area contributed by atoms with Crippen LogP contribution in [0.2, 0.25) is 0 Å². The number of halogens is 1. The van der Waals surface area contributed by atoms with Crippen LogP contribution in [0.5, 0.6) is 0 Å². The van der Waals surface area contributed by atoms with Crippen LogP contribution in [-0.4, -0.2) is 16.1 Å². The maximum absolute atomic E-state index is 13.8. The predicted octanol–water partition coefficient (Wildman–Crippen LogP) is 1.31. The van der Waals surface area contributed by atoms with Crippen molar-refractivity contribution >= 4 is 0 Å². The Morgan fingerprint density at radius 2 is 2.05 bits per heavy atom. The number of aromatic nitrogens is 2. The van der Waals surface area contributed by atoms with Crippen LogP contribution in [0.25, 0.3) is 0 Å². The van der Waals surface area contributed by atoms with E-state index in [1.807, 2.05) is 12.1 Å². The van der Waals surface area contributed by atoms with E-state index in [1.54, 1.807) is 18.2 Å². The molecule has 0 saturated carbocycles. The van der Waals surface area contributed by atoms with Crippen LogP contribution in [0, 0.1) is 28.5 Å². The first-order chi connectivity index (χ1) is 9.22. The van der Waals surface area contributed by atoms with Gasteiger partial charge in [0, 0.05) is 12.1 Å². The molecule has 2 aromatic rings. The number of rotatable bonds is 3. The van der Waals surface area contributed by atoms with Gasteiger partial charge in [-0.1, -0.05) is 18.2 Å². The Labute approximate surface area is 109 Å².